The molecule has 0 bridgehead atoms. The molecule has 0 aliphatic carbocycles. The minimum absolute atomic E-state index is 0.0251. The Labute approximate surface area is 288 Å². The van der Waals surface area contributed by atoms with Crippen LogP contribution < -0.4 is 25.4 Å². The Morgan fingerprint density at radius 2 is 1.27 bits per heavy atom. The number of alkyl carbamates (subject to hydrolysis) is 2. The summed E-state index contributed by atoms with van der Waals surface area (Å²) in [5.41, 5.74) is 6.12. The van der Waals surface area contributed by atoms with Crippen LogP contribution in [0, 0.1) is 0 Å². The molecule has 4 aromatic rings. The Balaban J connectivity index is 1.20. The van der Waals surface area contributed by atoms with Crippen LogP contribution >= 0.6 is 23.2 Å². The number of benzene rings is 2. The van der Waals surface area contributed by atoms with E-state index in [0.29, 0.717) is 59.5 Å². The molecule has 2 aliphatic rings. The molecule has 2 fully saturated rings. The molecule has 48 heavy (non-hydrogen) atoms. The van der Waals surface area contributed by atoms with Gasteiger partial charge in [-0.2, -0.15) is 0 Å². The Kier molecular flexibility index (Phi) is 10.5. The van der Waals surface area contributed by atoms with Crippen LogP contribution in [0.5, 0.6) is 11.8 Å². The number of ether oxygens (including phenoxy) is 4. The number of aryl methyl sites for hydroxylation is 1. The fourth-order valence-corrected chi connectivity index (χ4v) is 6.48. The number of cyclic esters (lactones) is 2. The summed E-state index contributed by atoms with van der Waals surface area (Å²) in [5.74, 6) is 0.995. The van der Waals surface area contributed by atoms with E-state index in [1.807, 2.05) is 60.7 Å². The van der Waals surface area contributed by atoms with Gasteiger partial charge in [0.25, 0.3) is 0 Å². The second kappa shape index (κ2) is 15.1. The molecule has 0 radical (unpaired) electrons. The van der Waals surface area contributed by atoms with Gasteiger partial charge in [0, 0.05) is 46.5 Å². The van der Waals surface area contributed by atoms with Gasteiger partial charge in [-0.05, 0) is 31.4 Å². The summed E-state index contributed by atoms with van der Waals surface area (Å²) in [4.78, 5) is 32.1. The highest BCUT2D eigenvalue weighted by Gasteiger charge is 2.23. The summed E-state index contributed by atoms with van der Waals surface area (Å²) in [6, 6.07) is 19.2. The predicted octanol–water partition coefficient (Wildman–Crippen LogP) is 6.43. The van der Waals surface area contributed by atoms with Crippen molar-refractivity contribution in [3.63, 3.8) is 0 Å². The van der Waals surface area contributed by atoms with Crippen LogP contribution in [0.4, 0.5) is 9.59 Å². The van der Waals surface area contributed by atoms with Crippen molar-refractivity contribution in [3.05, 3.63) is 81.8 Å². The molecule has 13 heteroatoms. The molecule has 11 nitrogen and oxygen atoms in total. The predicted molar refractivity (Wildman–Crippen MR) is 183 cm³/mol. The average Bonchev–Trinajstić information content (AvgIpc) is 3.72. The van der Waals surface area contributed by atoms with Crippen LogP contribution in [0.25, 0.3) is 33.6 Å². The minimum Gasteiger partial charge on any atom is -0.481 e. The maximum Gasteiger partial charge on any atom is 0.407 e. The molecule has 6 rings (SSSR count). The summed E-state index contributed by atoms with van der Waals surface area (Å²) in [7, 11) is 3.18. The number of carbonyl (C=O) groups is 2. The first kappa shape index (κ1) is 33.3. The summed E-state index contributed by atoms with van der Waals surface area (Å²) < 4.78 is 21.2. The van der Waals surface area contributed by atoms with Crippen LogP contribution in [0.1, 0.15) is 24.0 Å². The van der Waals surface area contributed by atoms with Crippen molar-refractivity contribution in [3.8, 4) is 45.4 Å². The van der Waals surface area contributed by atoms with Gasteiger partial charge in [0.15, 0.2) is 0 Å². The quantitative estimate of drug-likeness (QED) is 0.145. The zero-order valence-electron chi connectivity index (χ0n) is 26.5. The smallest absolute Gasteiger partial charge is 0.407 e. The first-order valence-electron chi connectivity index (χ1n) is 15.6. The molecular formula is C35H35Cl2N5O6. The standard InChI is InChI=1S/C35H35Cl2N5O6/c1-45-32-20(6-3-7-22-18-47-34(43)39-22)12-14-28(41-32)26-10-4-8-24(30(26)36)25-9-5-11-27(31(25)37)29-15-13-21(33(42-29)46-2)16-38-17-23-19-48-35(44)40-23/h4-5,8-15,22-23,38H,3,6-7,16-19H2,1-2H3,(H,39,43)(H,40,44)/t22-,23+/m0/s1. The van der Waals surface area contributed by atoms with Crippen molar-refractivity contribution in [2.24, 2.45) is 0 Å². The topological polar surface area (TPSA) is 133 Å². The van der Waals surface area contributed by atoms with E-state index in [1.165, 1.54) is 0 Å². The number of methoxy groups -OCH3 is 2. The number of hydrogen-bond acceptors (Lipinski definition) is 9. The Morgan fingerprint density at radius 1 is 0.750 bits per heavy atom. The Bertz CT molecular complexity index is 1690. The summed E-state index contributed by atoms with van der Waals surface area (Å²) in [6.45, 7) is 1.77. The highest BCUT2D eigenvalue weighted by molar-refractivity contribution is 6.39. The second-order valence-corrected chi connectivity index (χ2v) is 12.2. The Morgan fingerprint density at radius 3 is 1.81 bits per heavy atom. The molecule has 3 N–H and O–H groups in total. The second-order valence-electron chi connectivity index (χ2n) is 11.5. The van der Waals surface area contributed by atoms with Gasteiger partial charge < -0.3 is 34.9 Å². The van der Waals surface area contributed by atoms with Crippen molar-refractivity contribution >= 4 is 35.4 Å². The van der Waals surface area contributed by atoms with E-state index in [-0.39, 0.29) is 18.2 Å². The number of pyridine rings is 2. The van der Waals surface area contributed by atoms with E-state index in [2.05, 4.69) is 16.0 Å². The molecule has 2 atom stereocenters. The average molecular weight is 693 g/mol. The van der Waals surface area contributed by atoms with Gasteiger partial charge in [0.1, 0.15) is 13.2 Å². The molecule has 0 spiro atoms. The largest absolute Gasteiger partial charge is 0.481 e. The number of aromatic nitrogens is 2. The van der Waals surface area contributed by atoms with E-state index in [4.69, 9.17) is 52.1 Å². The van der Waals surface area contributed by atoms with Crippen LogP contribution in [0.3, 0.4) is 0 Å². The summed E-state index contributed by atoms with van der Waals surface area (Å²) in [6.07, 6.45) is 1.61. The first-order valence-corrected chi connectivity index (χ1v) is 16.3. The van der Waals surface area contributed by atoms with Crippen molar-refractivity contribution in [2.45, 2.75) is 37.9 Å². The lowest BCUT2D eigenvalue weighted by Gasteiger charge is -2.16. The lowest BCUT2D eigenvalue weighted by molar-refractivity contribution is 0.175. The lowest BCUT2D eigenvalue weighted by Crippen LogP contribution is -2.36. The highest BCUT2D eigenvalue weighted by atomic mass is 35.5. The SMILES string of the molecule is COc1nc(-c2cccc(-c3cccc(-c4ccc(CNC[C@@H]5COC(=O)N5)c(OC)n4)c3Cl)c2Cl)ccc1CCC[C@H]1COC(=O)N1. The van der Waals surface area contributed by atoms with Gasteiger partial charge in [-0.15, -0.1) is 0 Å². The molecule has 4 heterocycles. The van der Waals surface area contributed by atoms with Gasteiger partial charge in [0.2, 0.25) is 11.8 Å². The van der Waals surface area contributed by atoms with Gasteiger partial charge in [-0.3, -0.25) is 0 Å². The molecule has 2 aliphatic heterocycles. The maximum atomic E-state index is 11.3. The number of amides is 2. The molecular weight excluding hydrogens is 657 g/mol. The van der Waals surface area contributed by atoms with Crippen molar-refractivity contribution in [1.29, 1.82) is 0 Å². The van der Waals surface area contributed by atoms with Crippen LogP contribution in [-0.4, -0.2) is 68.2 Å². The summed E-state index contributed by atoms with van der Waals surface area (Å²) in [5, 5.41) is 9.87. The molecule has 2 aromatic carbocycles. The van der Waals surface area contributed by atoms with Gasteiger partial charge >= 0.3 is 12.2 Å². The molecule has 2 aromatic heterocycles. The van der Waals surface area contributed by atoms with E-state index in [0.717, 1.165) is 52.6 Å². The van der Waals surface area contributed by atoms with Gasteiger partial charge in [-0.1, -0.05) is 71.7 Å². The zero-order chi connectivity index (χ0) is 33.6. The van der Waals surface area contributed by atoms with Crippen LogP contribution in [0.15, 0.2) is 60.7 Å². The first-order chi connectivity index (χ1) is 23.3. The third-order valence-electron chi connectivity index (χ3n) is 8.28. The lowest BCUT2D eigenvalue weighted by atomic mass is 9.97. The number of nitrogens with one attached hydrogen (secondary N) is 3. The van der Waals surface area contributed by atoms with E-state index in [1.54, 1.807) is 14.2 Å². The van der Waals surface area contributed by atoms with Crippen LogP contribution in [-0.2, 0) is 22.4 Å². The summed E-state index contributed by atoms with van der Waals surface area (Å²) >= 11 is 14.1. The van der Waals surface area contributed by atoms with E-state index in [9.17, 15) is 9.59 Å². The van der Waals surface area contributed by atoms with Gasteiger partial charge in [-0.25, -0.2) is 19.6 Å². The molecule has 0 saturated carbocycles. The van der Waals surface area contributed by atoms with Gasteiger partial charge in [0.05, 0.1) is 47.7 Å². The van der Waals surface area contributed by atoms with Crippen molar-refractivity contribution in [1.82, 2.24) is 25.9 Å². The zero-order valence-corrected chi connectivity index (χ0v) is 28.0. The molecule has 250 valence electrons. The maximum absolute atomic E-state index is 11.3. The highest BCUT2D eigenvalue weighted by Crippen LogP contribution is 2.42. The number of hydrogen-bond donors (Lipinski definition) is 3. The van der Waals surface area contributed by atoms with Crippen molar-refractivity contribution < 1.29 is 28.5 Å². The molecule has 2 amide bonds. The number of rotatable bonds is 13. The van der Waals surface area contributed by atoms with Crippen molar-refractivity contribution in [2.75, 3.05) is 34.0 Å². The fraction of sp³-hybridized carbons (Fsp3) is 0.314. The molecule has 0 unspecified atom stereocenters. The molecule has 2 saturated heterocycles. The third-order valence-corrected chi connectivity index (χ3v) is 9.10. The van der Waals surface area contributed by atoms with E-state index < -0.39 is 6.09 Å². The monoisotopic (exact) mass is 691 g/mol. The number of carbonyl (C=O) groups excluding carboxylic acids is 2. The van der Waals surface area contributed by atoms with Crippen LogP contribution in [0.2, 0.25) is 10.0 Å². The number of nitrogens with zero attached hydrogens (tertiary/aromatic N) is 2. The fourth-order valence-electron chi connectivity index (χ4n) is 5.83. The number of halogens is 2. The Hall–Kier alpha value is -4.58. The minimum atomic E-state index is -0.403. The third kappa shape index (κ3) is 7.43. The normalized spacial score (nSPS) is 17.0. The van der Waals surface area contributed by atoms with E-state index >= 15 is 0 Å².